The zero-order chi connectivity index (χ0) is 16.6. The van der Waals surface area contributed by atoms with Gasteiger partial charge in [-0.15, -0.1) is 0 Å². The summed E-state index contributed by atoms with van der Waals surface area (Å²) in [6, 6.07) is 0. The van der Waals surface area contributed by atoms with Gasteiger partial charge in [0.1, 0.15) is 0 Å². The van der Waals surface area contributed by atoms with Gasteiger partial charge in [0.2, 0.25) is 0 Å². The number of guanidine groups is 1. The molecule has 1 saturated heterocycles. The topological polar surface area (TPSA) is 66.0 Å². The van der Waals surface area contributed by atoms with Crippen LogP contribution in [-0.2, 0) is 9.53 Å². The zero-order valence-electron chi connectivity index (χ0n) is 14.7. The summed E-state index contributed by atoms with van der Waals surface area (Å²) in [6.45, 7) is 12.7. The van der Waals surface area contributed by atoms with Gasteiger partial charge >= 0.3 is 5.97 Å². The Labute approximate surface area is 134 Å². The fourth-order valence-electron chi connectivity index (χ4n) is 2.51. The highest BCUT2D eigenvalue weighted by atomic mass is 16.5. The molecular formula is C16H32N4O2. The number of rotatable bonds is 5. The molecule has 1 aliphatic rings. The van der Waals surface area contributed by atoms with Crippen molar-refractivity contribution in [1.82, 2.24) is 15.5 Å². The molecule has 6 heteroatoms. The molecule has 0 aromatic rings. The summed E-state index contributed by atoms with van der Waals surface area (Å²) in [5.41, 5.74) is 0.118. The molecule has 1 fully saturated rings. The maximum atomic E-state index is 11.6. The zero-order valence-corrected chi connectivity index (χ0v) is 14.7. The monoisotopic (exact) mass is 312 g/mol. The first-order valence-electron chi connectivity index (χ1n) is 8.23. The van der Waals surface area contributed by atoms with E-state index in [0.717, 1.165) is 51.5 Å². The van der Waals surface area contributed by atoms with Crippen LogP contribution >= 0.6 is 0 Å². The molecule has 128 valence electrons. The molecule has 1 rings (SSSR count). The van der Waals surface area contributed by atoms with Crippen LogP contribution in [-0.4, -0.2) is 62.2 Å². The summed E-state index contributed by atoms with van der Waals surface area (Å²) in [7, 11) is 1.46. The molecule has 0 saturated carbocycles. The molecule has 0 bridgehead atoms. The van der Waals surface area contributed by atoms with E-state index in [1.54, 1.807) is 0 Å². The van der Waals surface area contributed by atoms with Gasteiger partial charge in [-0.3, -0.25) is 9.79 Å². The van der Waals surface area contributed by atoms with E-state index in [4.69, 9.17) is 4.74 Å². The third-order valence-corrected chi connectivity index (χ3v) is 3.69. The number of carbonyl (C=O) groups excluding carboxylic acids is 1. The Morgan fingerprint density at radius 1 is 1.32 bits per heavy atom. The molecule has 0 radical (unpaired) electrons. The Morgan fingerprint density at radius 2 is 1.95 bits per heavy atom. The minimum absolute atomic E-state index is 0.0340. The summed E-state index contributed by atoms with van der Waals surface area (Å²) in [6.07, 6.45) is 1.66. The highest BCUT2D eigenvalue weighted by Crippen LogP contribution is 2.18. The summed E-state index contributed by atoms with van der Waals surface area (Å²) in [5.74, 6) is 0.893. The first kappa shape index (κ1) is 18.7. The summed E-state index contributed by atoms with van der Waals surface area (Å²) >= 11 is 0. The van der Waals surface area contributed by atoms with Crippen LogP contribution in [0.2, 0.25) is 0 Å². The van der Waals surface area contributed by atoms with Crippen LogP contribution in [0.5, 0.6) is 0 Å². The van der Waals surface area contributed by atoms with Crippen molar-refractivity contribution in [3.8, 4) is 0 Å². The molecule has 0 aliphatic carbocycles. The number of carbonyl (C=O) groups is 1. The fraction of sp³-hybridized carbons (Fsp3) is 0.875. The van der Waals surface area contributed by atoms with Gasteiger partial charge in [-0.25, -0.2) is 0 Å². The van der Waals surface area contributed by atoms with Crippen LogP contribution in [0.25, 0.3) is 0 Å². The molecule has 6 nitrogen and oxygen atoms in total. The average Bonchev–Trinajstić information content (AvgIpc) is 2.49. The number of nitrogens with one attached hydrogen (secondary N) is 2. The Bertz CT molecular complexity index is 369. The van der Waals surface area contributed by atoms with Gasteiger partial charge in [0.05, 0.1) is 19.6 Å². The van der Waals surface area contributed by atoms with Gasteiger partial charge in [0.15, 0.2) is 5.96 Å². The van der Waals surface area contributed by atoms with Gasteiger partial charge < -0.3 is 20.3 Å². The normalized spacial score (nSPS) is 17.5. The lowest BCUT2D eigenvalue weighted by Crippen LogP contribution is -2.47. The number of methoxy groups -OCH3 is 1. The van der Waals surface area contributed by atoms with Gasteiger partial charge in [-0.2, -0.15) is 0 Å². The minimum Gasteiger partial charge on any atom is -0.469 e. The second kappa shape index (κ2) is 8.98. The van der Waals surface area contributed by atoms with E-state index in [9.17, 15) is 4.79 Å². The standard InChI is InChI=1S/C16H32N4O2/c1-6-17-15(18-9-10-19-16(2,3)4)20-11-7-13(8-12-20)14(21)22-5/h13,19H,6-12H2,1-5H3,(H,17,18). The lowest BCUT2D eigenvalue weighted by molar-refractivity contribution is -0.146. The molecular weight excluding hydrogens is 280 g/mol. The van der Waals surface area contributed by atoms with Crippen molar-refractivity contribution in [3.05, 3.63) is 0 Å². The van der Waals surface area contributed by atoms with Crippen molar-refractivity contribution < 1.29 is 9.53 Å². The molecule has 22 heavy (non-hydrogen) atoms. The first-order chi connectivity index (χ1) is 10.4. The maximum Gasteiger partial charge on any atom is 0.308 e. The Morgan fingerprint density at radius 3 is 2.45 bits per heavy atom. The molecule has 0 aromatic carbocycles. The van der Waals surface area contributed by atoms with E-state index >= 15 is 0 Å². The maximum absolute atomic E-state index is 11.6. The average molecular weight is 312 g/mol. The van der Waals surface area contributed by atoms with E-state index in [1.807, 2.05) is 0 Å². The number of hydrogen-bond donors (Lipinski definition) is 2. The van der Waals surface area contributed by atoms with Crippen molar-refractivity contribution in [2.45, 2.75) is 46.1 Å². The van der Waals surface area contributed by atoms with Crippen molar-refractivity contribution in [2.75, 3.05) is 39.8 Å². The summed E-state index contributed by atoms with van der Waals surface area (Å²) < 4.78 is 4.83. The number of hydrogen-bond acceptors (Lipinski definition) is 4. The van der Waals surface area contributed by atoms with Crippen molar-refractivity contribution in [1.29, 1.82) is 0 Å². The molecule has 1 aliphatic heterocycles. The summed E-state index contributed by atoms with van der Waals surface area (Å²) in [5, 5.41) is 6.78. The highest BCUT2D eigenvalue weighted by molar-refractivity contribution is 5.80. The van der Waals surface area contributed by atoms with E-state index in [-0.39, 0.29) is 17.4 Å². The minimum atomic E-state index is -0.0871. The Balaban J connectivity index is 2.48. The molecule has 2 N–H and O–H groups in total. The van der Waals surface area contributed by atoms with E-state index in [0.29, 0.717) is 0 Å². The molecule has 1 heterocycles. The quantitative estimate of drug-likeness (QED) is 0.346. The summed E-state index contributed by atoms with van der Waals surface area (Å²) in [4.78, 5) is 18.5. The Hall–Kier alpha value is -1.30. The number of nitrogens with zero attached hydrogens (tertiary/aromatic N) is 2. The van der Waals surface area contributed by atoms with Crippen LogP contribution in [0.15, 0.2) is 4.99 Å². The fourth-order valence-corrected chi connectivity index (χ4v) is 2.51. The van der Waals surface area contributed by atoms with Crippen molar-refractivity contribution in [3.63, 3.8) is 0 Å². The van der Waals surface area contributed by atoms with Crippen molar-refractivity contribution in [2.24, 2.45) is 10.9 Å². The smallest absolute Gasteiger partial charge is 0.308 e. The first-order valence-corrected chi connectivity index (χ1v) is 8.23. The van der Waals surface area contributed by atoms with Crippen LogP contribution in [0, 0.1) is 5.92 Å². The van der Waals surface area contributed by atoms with Gasteiger partial charge in [-0.05, 0) is 40.5 Å². The Kier molecular flexibility index (Phi) is 7.65. The van der Waals surface area contributed by atoms with E-state index in [1.165, 1.54) is 7.11 Å². The molecule has 0 atom stereocenters. The van der Waals surface area contributed by atoms with Crippen molar-refractivity contribution >= 4 is 11.9 Å². The molecule has 0 spiro atoms. The third-order valence-electron chi connectivity index (χ3n) is 3.69. The number of aliphatic imine (C=N–C) groups is 1. The lowest BCUT2D eigenvalue weighted by Gasteiger charge is -2.33. The van der Waals surface area contributed by atoms with Gasteiger partial charge in [0.25, 0.3) is 0 Å². The van der Waals surface area contributed by atoms with E-state index < -0.39 is 0 Å². The molecule has 0 aromatic heterocycles. The predicted octanol–water partition coefficient (Wildman–Crippen LogP) is 1.23. The second-order valence-electron chi connectivity index (χ2n) is 6.70. The van der Waals surface area contributed by atoms with Gasteiger partial charge in [-0.1, -0.05) is 0 Å². The van der Waals surface area contributed by atoms with Gasteiger partial charge in [0, 0.05) is 31.7 Å². The number of ether oxygens (including phenoxy) is 1. The third kappa shape index (κ3) is 6.64. The highest BCUT2D eigenvalue weighted by Gasteiger charge is 2.26. The second-order valence-corrected chi connectivity index (χ2v) is 6.70. The largest absolute Gasteiger partial charge is 0.469 e. The lowest BCUT2D eigenvalue weighted by atomic mass is 9.97. The number of piperidine rings is 1. The SMILES string of the molecule is CCNC(=NCCNC(C)(C)C)N1CCC(C(=O)OC)CC1. The van der Waals surface area contributed by atoms with E-state index in [2.05, 4.69) is 48.2 Å². The van der Waals surface area contributed by atoms with Crippen LogP contribution in [0.4, 0.5) is 0 Å². The molecule has 0 unspecified atom stereocenters. The van der Waals surface area contributed by atoms with Crippen LogP contribution < -0.4 is 10.6 Å². The predicted molar refractivity (Wildman–Crippen MR) is 90.0 cm³/mol. The van der Waals surface area contributed by atoms with Crippen LogP contribution in [0.1, 0.15) is 40.5 Å². The number of esters is 1. The molecule has 0 amide bonds. The van der Waals surface area contributed by atoms with Crippen LogP contribution in [0.3, 0.4) is 0 Å². The number of likely N-dealkylation sites (tertiary alicyclic amines) is 1.